The highest BCUT2D eigenvalue weighted by atomic mass is 16.5. The number of pyridine rings is 1. The van der Waals surface area contributed by atoms with E-state index in [4.69, 9.17) is 15.2 Å². The first-order valence-corrected chi connectivity index (χ1v) is 6.77. The number of nitrogens with two attached hydrogens (primary N) is 1. The summed E-state index contributed by atoms with van der Waals surface area (Å²) in [5.41, 5.74) is 9.35. The quantitative estimate of drug-likeness (QED) is 0.905. The van der Waals surface area contributed by atoms with E-state index in [1.807, 2.05) is 45.0 Å². The van der Waals surface area contributed by atoms with Crippen molar-refractivity contribution in [3.63, 3.8) is 0 Å². The highest BCUT2D eigenvalue weighted by molar-refractivity contribution is 5.68. The smallest absolute Gasteiger partial charge is 0.161 e. The number of hydrogen-bond acceptors (Lipinski definition) is 4. The largest absolute Gasteiger partial charge is 0.490 e. The molecular formula is C16H20N2O2. The van der Waals surface area contributed by atoms with Gasteiger partial charge in [-0.05, 0) is 50.6 Å². The second-order valence-electron chi connectivity index (χ2n) is 4.46. The molecular weight excluding hydrogens is 252 g/mol. The maximum absolute atomic E-state index is 5.74. The number of hydrogen-bond donors (Lipinski definition) is 1. The molecule has 4 heteroatoms. The molecule has 2 rings (SSSR count). The van der Waals surface area contributed by atoms with Gasteiger partial charge in [-0.15, -0.1) is 0 Å². The van der Waals surface area contributed by atoms with E-state index in [9.17, 15) is 0 Å². The summed E-state index contributed by atoms with van der Waals surface area (Å²) in [6, 6.07) is 7.78. The molecule has 0 aliphatic heterocycles. The van der Waals surface area contributed by atoms with E-state index in [2.05, 4.69) is 4.98 Å². The molecule has 0 aliphatic rings. The third-order valence-corrected chi connectivity index (χ3v) is 2.92. The fourth-order valence-corrected chi connectivity index (χ4v) is 2.10. The van der Waals surface area contributed by atoms with Gasteiger partial charge in [-0.25, -0.2) is 0 Å². The van der Waals surface area contributed by atoms with Gasteiger partial charge in [-0.2, -0.15) is 0 Å². The first-order chi connectivity index (χ1) is 9.65. The summed E-state index contributed by atoms with van der Waals surface area (Å²) in [6.07, 6.45) is 1.67. The van der Waals surface area contributed by atoms with Crippen LogP contribution in [0.4, 0.5) is 5.69 Å². The van der Waals surface area contributed by atoms with E-state index < -0.39 is 0 Å². The van der Waals surface area contributed by atoms with Gasteiger partial charge in [0.1, 0.15) is 0 Å². The summed E-state index contributed by atoms with van der Waals surface area (Å²) >= 11 is 0. The van der Waals surface area contributed by atoms with Gasteiger partial charge < -0.3 is 15.2 Å². The number of anilines is 1. The summed E-state index contributed by atoms with van der Waals surface area (Å²) in [6.45, 7) is 7.11. The second kappa shape index (κ2) is 6.28. The Kier molecular flexibility index (Phi) is 4.45. The van der Waals surface area contributed by atoms with E-state index in [1.165, 1.54) is 0 Å². The van der Waals surface area contributed by atoms with Crippen molar-refractivity contribution in [1.82, 2.24) is 4.98 Å². The SMILES string of the molecule is CCOc1ccc(-c2ncc(N)cc2C)cc1OCC. The third kappa shape index (κ3) is 3.02. The Morgan fingerprint density at radius 2 is 1.75 bits per heavy atom. The molecule has 0 amide bonds. The molecule has 2 aromatic rings. The van der Waals surface area contributed by atoms with Crippen LogP contribution >= 0.6 is 0 Å². The van der Waals surface area contributed by atoms with Crippen LogP contribution in [0, 0.1) is 6.92 Å². The minimum Gasteiger partial charge on any atom is -0.490 e. The topological polar surface area (TPSA) is 57.4 Å². The number of nitrogens with zero attached hydrogens (tertiary/aromatic N) is 1. The average molecular weight is 272 g/mol. The van der Waals surface area contributed by atoms with Crippen molar-refractivity contribution in [3.8, 4) is 22.8 Å². The molecule has 0 spiro atoms. The van der Waals surface area contributed by atoms with E-state index in [1.54, 1.807) is 6.20 Å². The highest BCUT2D eigenvalue weighted by Gasteiger charge is 2.10. The summed E-state index contributed by atoms with van der Waals surface area (Å²) in [5, 5.41) is 0. The van der Waals surface area contributed by atoms with Gasteiger partial charge in [-0.1, -0.05) is 0 Å². The normalized spacial score (nSPS) is 10.3. The maximum atomic E-state index is 5.74. The van der Waals surface area contributed by atoms with Gasteiger partial charge in [0, 0.05) is 5.56 Å². The zero-order valence-corrected chi connectivity index (χ0v) is 12.1. The summed E-state index contributed by atoms with van der Waals surface area (Å²) < 4.78 is 11.2. The molecule has 0 unspecified atom stereocenters. The molecule has 106 valence electrons. The van der Waals surface area contributed by atoms with Gasteiger partial charge in [0.05, 0.1) is 30.8 Å². The van der Waals surface area contributed by atoms with Crippen LogP contribution in [0.1, 0.15) is 19.4 Å². The number of nitrogen functional groups attached to an aromatic ring is 1. The average Bonchev–Trinajstić information content (AvgIpc) is 2.41. The zero-order valence-electron chi connectivity index (χ0n) is 12.1. The highest BCUT2D eigenvalue weighted by Crippen LogP contribution is 2.33. The fourth-order valence-electron chi connectivity index (χ4n) is 2.10. The molecule has 1 aromatic carbocycles. The number of benzene rings is 1. The van der Waals surface area contributed by atoms with Crippen LogP contribution in [-0.4, -0.2) is 18.2 Å². The van der Waals surface area contributed by atoms with Crippen LogP contribution in [0.15, 0.2) is 30.5 Å². The Labute approximate surface area is 119 Å². The zero-order chi connectivity index (χ0) is 14.5. The van der Waals surface area contributed by atoms with Crippen molar-refractivity contribution >= 4 is 5.69 Å². The van der Waals surface area contributed by atoms with Crippen molar-refractivity contribution in [2.24, 2.45) is 0 Å². The van der Waals surface area contributed by atoms with Crippen LogP contribution in [0.5, 0.6) is 11.5 Å². The summed E-state index contributed by atoms with van der Waals surface area (Å²) in [5.74, 6) is 1.50. The molecule has 2 N–H and O–H groups in total. The first-order valence-electron chi connectivity index (χ1n) is 6.77. The Morgan fingerprint density at radius 3 is 2.40 bits per heavy atom. The molecule has 0 fully saturated rings. The molecule has 0 radical (unpaired) electrons. The van der Waals surface area contributed by atoms with Gasteiger partial charge in [0.15, 0.2) is 11.5 Å². The Hall–Kier alpha value is -2.23. The van der Waals surface area contributed by atoms with Crippen molar-refractivity contribution < 1.29 is 9.47 Å². The van der Waals surface area contributed by atoms with Crippen LogP contribution in [0.25, 0.3) is 11.3 Å². The van der Waals surface area contributed by atoms with E-state index >= 15 is 0 Å². The molecule has 20 heavy (non-hydrogen) atoms. The number of aryl methyl sites for hydroxylation is 1. The van der Waals surface area contributed by atoms with Gasteiger partial charge >= 0.3 is 0 Å². The molecule has 1 aromatic heterocycles. The van der Waals surface area contributed by atoms with Crippen molar-refractivity contribution in [1.29, 1.82) is 0 Å². The monoisotopic (exact) mass is 272 g/mol. The lowest BCUT2D eigenvalue weighted by atomic mass is 10.1. The lowest BCUT2D eigenvalue weighted by molar-refractivity contribution is 0.288. The maximum Gasteiger partial charge on any atom is 0.161 e. The van der Waals surface area contributed by atoms with E-state index in [0.717, 1.165) is 28.3 Å². The Morgan fingerprint density at radius 1 is 1.05 bits per heavy atom. The number of rotatable bonds is 5. The van der Waals surface area contributed by atoms with Gasteiger partial charge in [-0.3, -0.25) is 4.98 Å². The lowest BCUT2D eigenvalue weighted by Crippen LogP contribution is -1.99. The predicted molar refractivity (Wildman–Crippen MR) is 81.2 cm³/mol. The standard InChI is InChI=1S/C16H20N2O2/c1-4-19-14-7-6-12(9-15(14)20-5-2)16-11(3)8-13(17)10-18-16/h6-10H,4-5,17H2,1-3H3. The Bertz CT molecular complexity index is 597. The minimum atomic E-state index is 0.595. The molecule has 0 aliphatic carbocycles. The number of aromatic nitrogens is 1. The van der Waals surface area contributed by atoms with E-state index in [0.29, 0.717) is 18.9 Å². The minimum absolute atomic E-state index is 0.595. The summed E-state index contributed by atoms with van der Waals surface area (Å²) in [7, 11) is 0. The lowest BCUT2D eigenvalue weighted by Gasteiger charge is -2.13. The molecule has 1 heterocycles. The molecule has 0 saturated heterocycles. The van der Waals surface area contributed by atoms with Crippen LogP contribution in [0.3, 0.4) is 0 Å². The Balaban J connectivity index is 2.44. The van der Waals surface area contributed by atoms with Crippen molar-refractivity contribution in [3.05, 3.63) is 36.0 Å². The van der Waals surface area contributed by atoms with Gasteiger partial charge in [0.2, 0.25) is 0 Å². The molecule has 4 nitrogen and oxygen atoms in total. The molecule has 0 atom stereocenters. The van der Waals surface area contributed by atoms with Crippen LogP contribution in [0.2, 0.25) is 0 Å². The molecule has 0 saturated carbocycles. The number of ether oxygens (including phenoxy) is 2. The second-order valence-corrected chi connectivity index (χ2v) is 4.46. The first kappa shape index (κ1) is 14.2. The van der Waals surface area contributed by atoms with Gasteiger partial charge in [0.25, 0.3) is 0 Å². The molecule has 0 bridgehead atoms. The van der Waals surface area contributed by atoms with Crippen molar-refractivity contribution in [2.75, 3.05) is 18.9 Å². The van der Waals surface area contributed by atoms with E-state index in [-0.39, 0.29) is 0 Å². The third-order valence-electron chi connectivity index (χ3n) is 2.92. The fraction of sp³-hybridized carbons (Fsp3) is 0.312. The van der Waals surface area contributed by atoms with Crippen LogP contribution < -0.4 is 15.2 Å². The van der Waals surface area contributed by atoms with Crippen molar-refractivity contribution in [2.45, 2.75) is 20.8 Å². The predicted octanol–water partition coefficient (Wildman–Crippen LogP) is 3.44. The van der Waals surface area contributed by atoms with Crippen LogP contribution in [-0.2, 0) is 0 Å². The summed E-state index contributed by atoms with van der Waals surface area (Å²) in [4.78, 5) is 4.40.